The molecule has 0 aromatic heterocycles. The zero-order chi connectivity index (χ0) is 14.3. The highest BCUT2D eigenvalue weighted by Crippen LogP contribution is 2.23. The summed E-state index contributed by atoms with van der Waals surface area (Å²) in [5, 5.41) is 3.60. The molecule has 1 fully saturated rings. The molecule has 0 spiro atoms. The maximum atomic E-state index is 3.60. The standard InChI is InChI=1S/C16H35N3/c1-6-9-17-13-16(3,7-2)14-19(5)12-15-8-10-18(4)11-15/h15,17H,6-14H2,1-5H3. The minimum atomic E-state index is 0.411. The van der Waals surface area contributed by atoms with Crippen molar-refractivity contribution >= 4 is 0 Å². The lowest BCUT2D eigenvalue weighted by atomic mass is 9.86. The maximum absolute atomic E-state index is 3.60. The molecule has 0 aromatic rings. The van der Waals surface area contributed by atoms with Gasteiger partial charge in [-0.15, -0.1) is 0 Å². The van der Waals surface area contributed by atoms with Crippen molar-refractivity contribution in [2.75, 3.05) is 53.4 Å². The molecule has 0 aliphatic carbocycles. The van der Waals surface area contributed by atoms with Gasteiger partial charge in [-0.3, -0.25) is 0 Å². The predicted octanol–water partition coefficient (Wildman–Crippen LogP) is 2.29. The molecule has 0 saturated carbocycles. The van der Waals surface area contributed by atoms with Gasteiger partial charge in [-0.1, -0.05) is 20.8 Å². The van der Waals surface area contributed by atoms with Gasteiger partial charge in [-0.25, -0.2) is 0 Å². The first-order valence-corrected chi connectivity index (χ1v) is 8.07. The lowest BCUT2D eigenvalue weighted by Crippen LogP contribution is -2.42. The van der Waals surface area contributed by atoms with Crippen LogP contribution in [0.4, 0.5) is 0 Å². The van der Waals surface area contributed by atoms with Crippen LogP contribution in [-0.4, -0.2) is 63.2 Å². The summed E-state index contributed by atoms with van der Waals surface area (Å²) in [6, 6.07) is 0. The van der Waals surface area contributed by atoms with E-state index < -0.39 is 0 Å². The second-order valence-corrected chi connectivity index (χ2v) is 6.95. The maximum Gasteiger partial charge on any atom is 0.00445 e. The monoisotopic (exact) mass is 269 g/mol. The average molecular weight is 269 g/mol. The minimum Gasteiger partial charge on any atom is -0.316 e. The van der Waals surface area contributed by atoms with Crippen LogP contribution in [0.25, 0.3) is 0 Å². The van der Waals surface area contributed by atoms with Gasteiger partial charge in [0.05, 0.1) is 0 Å². The molecule has 0 amide bonds. The van der Waals surface area contributed by atoms with Gasteiger partial charge in [0, 0.05) is 26.2 Å². The van der Waals surface area contributed by atoms with Crippen LogP contribution in [0.1, 0.15) is 40.0 Å². The highest BCUT2D eigenvalue weighted by atomic mass is 15.2. The van der Waals surface area contributed by atoms with E-state index >= 15 is 0 Å². The van der Waals surface area contributed by atoms with E-state index in [-0.39, 0.29) is 0 Å². The summed E-state index contributed by atoms with van der Waals surface area (Å²) in [6.45, 7) is 14.3. The van der Waals surface area contributed by atoms with Crippen LogP contribution < -0.4 is 5.32 Å². The van der Waals surface area contributed by atoms with Gasteiger partial charge in [-0.05, 0) is 57.8 Å². The Hall–Kier alpha value is -0.120. The van der Waals surface area contributed by atoms with Gasteiger partial charge in [0.1, 0.15) is 0 Å². The fraction of sp³-hybridized carbons (Fsp3) is 1.00. The molecule has 0 aromatic carbocycles. The second kappa shape index (κ2) is 8.23. The van der Waals surface area contributed by atoms with E-state index in [0.29, 0.717) is 5.41 Å². The van der Waals surface area contributed by atoms with Crippen molar-refractivity contribution < 1.29 is 0 Å². The number of nitrogens with zero attached hydrogens (tertiary/aromatic N) is 2. The highest BCUT2D eigenvalue weighted by molar-refractivity contribution is 4.81. The molecule has 1 aliphatic rings. The SMILES string of the molecule is CCCNCC(C)(CC)CN(C)CC1CCN(C)C1. The van der Waals surface area contributed by atoms with Crippen LogP contribution in [0.15, 0.2) is 0 Å². The fourth-order valence-electron chi connectivity index (χ4n) is 3.19. The van der Waals surface area contributed by atoms with Crippen LogP contribution in [-0.2, 0) is 0 Å². The van der Waals surface area contributed by atoms with E-state index in [1.54, 1.807) is 0 Å². The zero-order valence-corrected chi connectivity index (χ0v) is 13.8. The van der Waals surface area contributed by atoms with Crippen LogP contribution in [0.2, 0.25) is 0 Å². The van der Waals surface area contributed by atoms with Crippen molar-refractivity contribution in [2.45, 2.75) is 40.0 Å². The molecular formula is C16H35N3. The quantitative estimate of drug-likeness (QED) is 0.648. The molecular weight excluding hydrogens is 234 g/mol. The van der Waals surface area contributed by atoms with Gasteiger partial charge in [0.25, 0.3) is 0 Å². The van der Waals surface area contributed by atoms with Gasteiger partial charge in [-0.2, -0.15) is 0 Å². The first-order chi connectivity index (χ1) is 8.99. The van der Waals surface area contributed by atoms with E-state index in [0.717, 1.165) is 19.0 Å². The zero-order valence-electron chi connectivity index (χ0n) is 13.8. The first-order valence-electron chi connectivity index (χ1n) is 8.07. The summed E-state index contributed by atoms with van der Waals surface area (Å²) in [5.41, 5.74) is 0.411. The number of nitrogens with one attached hydrogen (secondary N) is 1. The van der Waals surface area contributed by atoms with Crippen molar-refractivity contribution in [3.8, 4) is 0 Å². The summed E-state index contributed by atoms with van der Waals surface area (Å²) >= 11 is 0. The van der Waals surface area contributed by atoms with Crippen LogP contribution in [0, 0.1) is 11.3 Å². The molecule has 1 N–H and O–H groups in total. The Kier molecular flexibility index (Phi) is 7.33. The Bertz CT molecular complexity index is 244. The largest absolute Gasteiger partial charge is 0.316 e. The van der Waals surface area contributed by atoms with Crippen LogP contribution in [0.3, 0.4) is 0 Å². The smallest absolute Gasteiger partial charge is 0.00445 e. The molecule has 3 nitrogen and oxygen atoms in total. The summed E-state index contributed by atoms with van der Waals surface area (Å²) in [7, 11) is 4.54. The molecule has 114 valence electrons. The number of hydrogen-bond acceptors (Lipinski definition) is 3. The Morgan fingerprint density at radius 3 is 2.63 bits per heavy atom. The molecule has 1 rings (SSSR count). The topological polar surface area (TPSA) is 18.5 Å². The van der Waals surface area contributed by atoms with Crippen molar-refractivity contribution in [2.24, 2.45) is 11.3 Å². The van der Waals surface area contributed by atoms with Crippen LogP contribution >= 0.6 is 0 Å². The van der Waals surface area contributed by atoms with E-state index in [9.17, 15) is 0 Å². The van der Waals surface area contributed by atoms with E-state index in [1.807, 2.05) is 0 Å². The summed E-state index contributed by atoms with van der Waals surface area (Å²) in [5.74, 6) is 0.875. The van der Waals surface area contributed by atoms with Gasteiger partial charge in [0.2, 0.25) is 0 Å². The molecule has 1 aliphatic heterocycles. The summed E-state index contributed by atoms with van der Waals surface area (Å²) < 4.78 is 0. The van der Waals surface area contributed by atoms with Crippen molar-refractivity contribution in [1.29, 1.82) is 0 Å². The predicted molar refractivity (Wildman–Crippen MR) is 84.7 cm³/mol. The van der Waals surface area contributed by atoms with Crippen molar-refractivity contribution in [1.82, 2.24) is 15.1 Å². The average Bonchev–Trinajstić information content (AvgIpc) is 2.74. The highest BCUT2D eigenvalue weighted by Gasteiger charge is 2.26. The third kappa shape index (κ3) is 6.24. The van der Waals surface area contributed by atoms with Gasteiger partial charge >= 0.3 is 0 Å². The molecule has 2 unspecified atom stereocenters. The third-order valence-electron chi connectivity index (χ3n) is 4.54. The first kappa shape index (κ1) is 16.9. The fourth-order valence-corrected chi connectivity index (χ4v) is 3.19. The Morgan fingerprint density at radius 2 is 2.11 bits per heavy atom. The van der Waals surface area contributed by atoms with Gasteiger partial charge in [0.15, 0.2) is 0 Å². The number of likely N-dealkylation sites (tertiary alicyclic amines) is 1. The van der Waals surface area contributed by atoms with Gasteiger partial charge < -0.3 is 15.1 Å². The molecule has 2 atom stereocenters. The lowest BCUT2D eigenvalue weighted by Gasteiger charge is -2.34. The minimum absolute atomic E-state index is 0.411. The Balaban J connectivity index is 2.32. The molecule has 0 radical (unpaired) electrons. The molecule has 19 heavy (non-hydrogen) atoms. The van der Waals surface area contributed by atoms with Crippen LogP contribution in [0.5, 0.6) is 0 Å². The molecule has 1 heterocycles. The number of rotatable bonds is 9. The molecule has 0 bridgehead atoms. The molecule has 1 saturated heterocycles. The Labute approximate surface area is 120 Å². The lowest BCUT2D eigenvalue weighted by molar-refractivity contribution is 0.163. The van der Waals surface area contributed by atoms with E-state index in [2.05, 4.69) is 50.0 Å². The summed E-state index contributed by atoms with van der Waals surface area (Å²) in [6.07, 6.45) is 3.85. The van der Waals surface area contributed by atoms with Crippen molar-refractivity contribution in [3.63, 3.8) is 0 Å². The number of hydrogen-bond donors (Lipinski definition) is 1. The van der Waals surface area contributed by atoms with Crippen molar-refractivity contribution in [3.05, 3.63) is 0 Å². The van der Waals surface area contributed by atoms with E-state index in [4.69, 9.17) is 0 Å². The Morgan fingerprint density at radius 1 is 1.37 bits per heavy atom. The third-order valence-corrected chi connectivity index (χ3v) is 4.54. The van der Waals surface area contributed by atoms with E-state index in [1.165, 1.54) is 45.4 Å². The molecule has 3 heteroatoms. The normalized spacial score (nSPS) is 24.0. The second-order valence-electron chi connectivity index (χ2n) is 6.95. The summed E-state index contributed by atoms with van der Waals surface area (Å²) in [4.78, 5) is 5.02.